The monoisotopic (exact) mass is 360 g/mol. The summed E-state index contributed by atoms with van der Waals surface area (Å²) in [6.45, 7) is 0.686. The Hall–Kier alpha value is -0.460. The van der Waals surface area contributed by atoms with Crippen molar-refractivity contribution in [1.29, 1.82) is 0 Å². The maximum absolute atomic E-state index is 12.5. The van der Waals surface area contributed by atoms with Crippen LogP contribution in [0.4, 0.5) is 0 Å². The zero-order valence-corrected chi connectivity index (χ0v) is 13.9. The molecule has 1 unspecified atom stereocenters. The molecule has 6 heteroatoms. The van der Waals surface area contributed by atoms with Crippen molar-refractivity contribution in [2.75, 3.05) is 17.6 Å². The van der Waals surface area contributed by atoms with Gasteiger partial charge in [0.1, 0.15) is 0 Å². The van der Waals surface area contributed by atoms with Crippen LogP contribution >= 0.6 is 15.9 Å². The summed E-state index contributed by atoms with van der Waals surface area (Å²) in [7, 11) is -3.14. The average molecular weight is 361 g/mol. The van der Waals surface area contributed by atoms with Crippen molar-refractivity contribution in [3.8, 4) is 0 Å². The number of aryl methyl sites for hydroxylation is 1. The topological polar surface area (TPSA) is 50.3 Å². The molecule has 0 aliphatic carbocycles. The Morgan fingerprint density at radius 2 is 2.10 bits per heavy atom. The third kappa shape index (κ3) is 4.27. The van der Waals surface area contributed by atoms with Gasteiger partial charge in [-0.05, 0) is 49.8 Å². The van der Waals surface area contributed by atoms with E-state index in [1.54, 1.807) is 16.7 Å². The molecular formula is C14H21BrN2O2S. The van der Waals surface area contributed by atoms with Crippen molar-refractivity contribution in [3.05, 3.63) is 30.1 Å². The SMILES string of the molecule is O=S(=O)(CCc1ccncc1)N1CCCC1CCCBr. The summed E-state index contributed by atoms with van der Waals surface area (Å²) in [5.74, 6) is 0.196. The van der Waals surface area contributed by atoms with E-state index < -0.39 is 10.0 Å². The highest BCUT2D eigenvalue weighted by Crippen LogP contribution is 2.25. The number of sulfonamides is 1. The number of pyridine rings is 1. The molecule has 0 spiro atoms. The first kappa shape index (κ1) is 15.9. The van der Waals surface area contributed by atoms with Gasteiger partial charge in [-0.25, -0.2) is 8.42 Å². The minimum absolute atomic E-state index is 0.196. The molecule has 1 aromatic rings. The summed E-state index contributed by atoms with van der Waals surface area (Å²) in [5, 5.41) is 0.939. The first-order valence-electron chi connectivity index (χ1n) is 7.08. The lowest BCUT2D eigenvalue weighted by molar-refractivity contribution is 0.369. The second kappa shape index (κ2) is 7.52. The molecule has 2 rings (SSSR count). The number of nitrogens with zero attached hydrogens (tertiary/aromatic N) is 2. The molecule has 1 aromatic heterocycles. The van der Waals surface area contributed by atoms with Gasteiger partial charge in [-0.1, -0.05) is 15.9 Å². The Labute approximate surface area is 129 Å². The lowest BCUT2D eigenvalue weighted by Gasteiger charge is -2.23. The zero-order chi connectivity index (χ0) is 14.4. The van der Waals surface area contributed by atoms with Gasteiger partial charge in [-0.3, -0.25) is 4.98 Å². The minimum Gasteiger partial charge on any atom is -0.265 e. The maximum Gasteiger partial charge on any atom is 0.214 e. The van der Waals surface area contributed by atoms with Crippen LogP contribution in [0.3, 0.4) is 0 Å². The van der Waals surface area contributed by atoms with Crippen molar-refractivity contribution in [2.45, 2.75) is 38.1 Å². The highest BCUT2D eigenvalue weighted by Gasteiger charge is 2.33. The maximum atomic E-state index is 12.5. The fourth-order valence-corrected chi connectivity index (χ4v) is 4.81. The molecule has 1 atom stereocenters. The van der Waals surface area contributed by atoms with Gasteiger partial charge in [0.15, 0.2) is 0 Å². The highest BCUT2D eigenvalue weighted by molar-refractivity contribution is 9.09. The van der Waals surface area contributed by atoms with Gasteiger partial charge in [0.2, 0.25) is 10.0 Å². The number of hydrogen-bond acceptors (Lipinski definition) is 3. The summed E-state index contributed by atoms with van der Waals surface area (Å²) < 4.78 is 26.7. The average Bonchev–Trinajstić information content (AvgIpc) is 2.93. The number of halogens is 1. The predicted octanol–water partition coefficient (Wildman–Crippen LogP) is 2.59. The Morgan fingerprint density at radius 3 is 2.80 bits per heavy atom. The number of aromatic nitrogens is 1. The molecule has 0 saturated carbocycles. The summed E-state index contributed by atoms with van der Waals surface area (Å²) in [6.07, 6.45) is 7.95. The Bertz CT molecular complexity index is 507. The van der Waals surface area contributed by atoms with Crippen molar-refractivity contribution >= 4 is 26.0 Å². The van der Waals surface area contributed by atoms with E-state index in [1.165, 1.54) is 0 Å². The van der Waals surface area contributed by atoms with Crippen molar-refractivity contribution in [3.63, 3.8) is 0 Å². The summed E-state index contributed by atoms with van der Waals surface area (Å²) in [5.41, 5.74) is 1.03. The van der Waals surface area contributed by atoms with Crippen LogP contribution in [0.15, 0.2) is 24.5 Å². The molecule has 0 amide bonds. The summed E-state index contributed by atoms with van der Waals surface area (Å²) in [4.78, 5) is 3.95. The van der Waals surface area contributed by atoms with Gasteiger partial charge >= 0.3 is 0 Å². The van der Waals surface area contributed by atoms with E-state index in [1.807, 2.05) is 12.1 Å². The molecule has 0 bridgehead atoms. The van der Waals surface area contributed by atoms with Crippen LogP contribution in [0.25, 0.3) is 0 Å². The van der Waals surface area contributed by atoms with Gasteiger partial charge in [0, 0.05) is 30.3 Å². The van der Waals surface area contributed by atoms with Crippen LogP contribution in [-0.2, 0) is 16.4 Å². The van der Waals surface area contributed by atoms with Gasteiger partial charge in [-0.15, -0.1) is 0 Å². The minimum atomic E-state index is -3.14. The Kier molecular flexibility index (Phi) is 5.99. The fraction of sp³-hybridized carbons (Fsp3) is 0.643. The molecule has 112 valence electrons. The molecule has 1 aliphatic rings. The van der Waals surface area contributed by atoms with Gasteiger partial charge in [0.25, 0.3) is 0 Å². The molecule has 20 heavy (non-hydrogen) atoms. The molecule has 1 aliphatic heterocycles. The molecule has 1 fully saturated rings. The zero-order valence-electron chi connectivity index (χ0n) is 11.5. The van der Waals surface area contributed by atoms with Crippen LogP contribution in [-0.4, -0.2) is 41.4 Å². The van der Waals surface area contributed by atoms with Crippen LogP contribution in [0.1, 0.15) is 31.2 Å². The third-order valence-corrected chi connectivity index (χ3v) is 6.23. The first-order valence-corrected chi connectivity index (χ1v) is 9.81. The van der Waals surface area contributed by atoms with Crippen LogP contribution in [0.2, 0.25) is 0 Å². The quantitative estimate of drug-likeness (QED) is 0.702. The van der Waals surface area contributed by atoms with Crippen LogP contribution < -0.4 is 0 Å². The normalized spacial score (nSPS) is 20.4. The largest absolute Gasteiger partial charge is 0.265 e. The molecule has 2 heterocycles. The second-order valence-electron chi connectivity index (χ2n) is 5.16. The molecule has 0 radical (unpaired) electrons. The van der Waals surface area contributed by atoms with E-state index in [0.717, 1.165) is 36.6 Å². The standard InChI is InChI=1S/C14H21BrN2O2S/c15-8-1-3-14-4-2-11-17(14)20(18,19)12-7-13-5-9-16-10-6-13/h5-6,9-10,14H,1-4,7-8,11-12H2. The molecule has 0 N–H and O–H groups in total. The van der Waals surface area contributed by atoms with Crippen LogP contribution in [0, 0.1) is 0 Å². The second-order valence-corrected chi connectivity index (χ2v) is 7.99. The highest BCUT2D eigenvalue weighted by atomic mass is 79.9. The van der Waals surface area contributed by atoms with E-state index in [9.17, 15) is 8.42 Å². The molecule has 0 aromatic carbocycles. The van der Waals surface area contributed by atoms with E-state index in [2.05, 4.69) is 20.9 Å². The van der Waals surface area contributed by atoms with Crippen molar-refractivity contribution < 1.29 is 8.42 Å². The lowest BCUT2D eigenvalue weighted by Crippen LogP contribution is -2.37. The number of hydrogen-bond donors (Lipinski definition) is 0. The molecular weight excluding hydrogens is 340 g/mol. The lowest BCUT2D eigenvalue weighted by atomic mass is 10.1. The number of alkyl halides is 1. The number of rotatable bonds is 7. The van der Waals surface area contributed by atoms with Gasteiger partial charge in [0.05, 0.1) is 5.75 Å². The van der Waals surface area contributed by atoms with E-state index in [0.29, 0.717) is 13.0 Å². The predicted molar refractivity (Wildman–Crippen MR) is 84.5 cm³/mol. The van der Waals surface area contributed by atoms with E-state index in [-0.39, 0.29) is 11.8 Å². The van der Waals surface area contributed by atoms with Crippen molar-refractivity contribution in [1.82, 2.24) is 9.29 Å². The smallest absolute Gasteiger partial charge is 0.214 e. The van der Waals surface area contributed by atoms with Crippen molar-refractivity contribution in [2.24, 2.45) is 0 Å². The van der Waals surface area contributed by atoms with Gasteiger partial charge in [-0.2, -0.15) is 4.31 Å². The Morgan fingerprint density at radius 1 is 1.35 bits per heavy atom. The van der Waals surface area contributed by atoms with Gasteiger partial charge < -0.3 is 0 Å². The first-order chi connectivity index (χ1) is 9.63. The van der Waals surface area contributed by atoms with E-state index in [4.69, 9.17) is 0 Å². The van der Waals surface area contributed by atoms with Crippen LogP contribution in [0.5, 0.6) is 0 Å². The summed E-state index contributed by atoms with van der Waals surface area (Å²) in [6, 6.07) is 3.96. The molecule has 4 nitrogen and oxygen atoms in total. The van der Waals surface area contributed by atoms with E-state index >= 15 is 0 Å². The summed E-state index contributed by atoms with van der Waals surface area (Å²) >= 11 is 3.41. The third-order valence-electron chi connectivity index (χ3n) is 3.75. The fourth-order valence-electron chi connectivity index (χ4n) is 2.69. The molecule has 1 saturated heterocycles. The Balaban J connectivity index is 1.95.